The summed E-state index contributed by atoms with van der Waals surface area (Å²) in [5.74, 6) is 0. The molecule has 2 aliphatic heterocycles. The fourth-order valence-corrected chi connectivity index (χ4v) is 4.14. The van der Waals surface area contributed by atoms with Gasteiger partial charge in [-0.15, -0.1) is 24.8 Å². The van der Waals surface area contributed by atoms with Gasteiger partial charge in [-0.25, -0.2) is 0 Å². The molecule has 23 heavy (non-hydrogen) atoms. The van der Waals surface area contributed by atoms with Gasteiger partial charge in [0.1, 0.15) is 0 Å². The molecule has 0 saturated carbocycles. The molecule has 2 atom stereocenters. The topological polar surface area (TPSA) is 64.2 Å². The maximum absolute atomic E-state index is 9.20. The van der Waals surface area contributed by atoms with Crippen molar-refractivity contribution in [2.45, 2.75) is 43.8 Å². The van der Waals surface area contributed by atoms with E-state index in [0.29, 0.717) is 18.1 Å². The summed E-state index contributed by atoms with van der Waals surface area (Å²) in [6.45, 7) is 1.12. The molecular formula is C16H24Cl2N4O. The number of nitrogens with one attached hydrogen (secondary N) is 2. The molecule has 5 nitrogen and oxygen atoms in total. The Morgan fingerprint density at radius 2 is 1.96 bits per heavy atom. The maximum atomic E-state index is 9.20. The number of fused-ring (bicyclic) bond motifs is 3. The number of aromatic nitrogens is 2. The van der Waals surface area contributed by atoms with Gasteiger partial charge in [0.25, 0.3) is 0 Å². The molecule has 2 bridgehead atoms. The molecular weight excluding hydrogens is 335 g/mol. The van der Waals surface area contributed by atoms with E-state index in [1.807, 2.05) is 6.20 Å². The predicted octanol–water partition coefficient (Wildman–Crippen LogP) is 2.81. The number of hydrogen-bond donors (Lipinski definition) is 3. The average Bonchev–Trinajstić information content (AvgIpc) is 3.02. The Bertz CT molecular complexity index is 621. The minimum absolute atomic E-state index is 0. The van der Waals surface area contributed by atoms with Crippen LogP contribution < -0.4 is 5.32 Å². The van der Waals surface area contributed by atoms with Gasteiger partial charge in [0.2, 0.25) is 0 Å². The largest absolute Gasteiger partial charge is 0.395 e. The molecule has 1 aromatic heterocycles. The summed E-state index contributed by atoms with van der Waals surface area (Å²) in [4.78, 5) is 2.51. The summed E-state index contributed by atoms with van der Waals surface area (Å²) >= 11 is 0. The van der Waals surface area contributed by atoms with Crippen LogP contribution >= 0.6 is 24.8 Å². The van der Waals surface area contributed by atoms with Gasteiger partial charge in [-0.05, 0) is 43.9 Å². The minimum Gasteiger partial charge on any atom is -0.395 e. The lowest BCUT2D eigenvalue weighted by molar-refractivity contribution is 0.104. The lowest BCUT2D eigenvalue weighted by Crippen LogP contribution is -2.47. The third kappa shape index (κ3) is 3.58. The number of halogens is 2. The highest BCUT2D eigenvalue weighted by molar-refractivity contribution is 5.85. The molecule has 7 heteroatoms. The van der Waals surface area contributed by atoms with E-state index in [2.05, 4.69) is 38.6 Å². The van der Waals surface area contributed by atoms with Gasteiger partial charge in [-0.1, -0.05) is 0 Å². The number of hydrogen-bond acceptors (Lipinski definition) is 4. The first kappa shape index (κ1) is 18.3. The number of anilines is 1. The monoisotopic (exact) mass is 358 g/mol. The molecule has 3 N–H and O–H groups in total. The van der Waals surface area contributed by atoms with Crippen molar-refractivity contribution in [1.29, 1.82) is 0 Å². The number of piperidine rings is 1. The van der Waals surface area contributed by atoms with Crippen LogP contribution in [0.3, 0.4) is 0 Å². The predicted molar refractivity (Wildman–Crippen MR) is 97.8 cm³/mol. The van der Waals surface area contributed by atoms with Crippen molar-refractivity contribution in [2.24, 2.45) is 0 Å². The lowest BCUT2D eigenvalue weighted by Gasteiger charge is -2.39. The molecule has 2 aliphatic rings. The lowest BCUT2D eigenvalue weighted by atomic mass is 9.97. The molecule has 128 valence electrons. The second kappa shape index (κ2) is 7.71. The van der Waals surface area contributed by atoms with Crippen LogP contribution in [-0.4, -0.2) is 51.5 Å². The van der Waals surface area contributed by atoms with E-state index in [1.54, 1.807) is 0 Å². The van der Waals surface area contributed by atoms with Crippen molar-refractivity contribution in [2.75, 3.05) is 18.5 Å². The molecule has 0 aliphatic carbocycles. The summed E-state index contributed by atoms with van der Waals surface area (Å²) in [5.41, 5.74) is 2.27. The third-order valence-electron chi connectivity index (χ3n) is 5.05. The number of H-pyrrole nitrogens is 1. The van der Waals surface area contributed by atoms with Crippen molar-refractivity contribution in [1.82, 2.24) is 15.1 Å². The zero-order valence-electron chi connectivity index (χ0n) is 12.9. The van der Waals surface area contributed by atoms with Crippen molar-refractivity contribution < 1.29 is 5.11 Å². The van der Waals surface area contributed by atoms with E-state index in [-0.39, 0.29) is 31.4 Å². The van der Waals surface area contributed by atoms with Gasteiger partial charge < -0.3 is 10.4 Å². The number of benzene rings is 1. The fraction of sp³-hybridized carbons (Fsp3) is 0.562. The van der Waals surface area contributed by atoms with Crippen LogP contribution in [0.4, 0.5) is 5.69 Å². The molecule has 0 radical (unpaired) electrons. The molecule has 2 aromatic rings. The smallest absolute Gasteiger partial charge is 0.0651 e. The number of aliphatic hydroxyl groups excluding tert-OH is 1. The standard InChI is InChI=1S/C16H22N4O.2ClH/c21-6-5-20-14-2-3-15(20)9-13(8-14)18-12-1-4-16-11(7-12)10-17-19-16;;/h1,4,7,10,13-15,18,21H,2-3,5-6,8-9H2,(H,17,19);2*1H. The fourth-order valence-electron chi connectivity index (χ4n) is 4.14. The van der Waals surface area contributed by atoms with E-state index < -0.39 is 0 Å². The average molecular weight is 359 g/mol. The van der Waals surface area contributed by atoms with Gasteiger partial charge in [-0.3, -0.25) is 10.00 Å². The Morgan fingerprint density at radius 1 is 1.22 bits per heavy atom. The van der Waals surface area contributed by atoms with Crippen LogP contribution in [0, 0.1) is 0 Å². The first-order valence-corrected chi connectivity index (χ1v) is 7.90. The van der Waals surface area contributed by atoms with Crippen LogP contribution in [0.15, 0.2) is 24.4 Å². The third-order valence-corrected chi connectivity index (χ3v) is 5.05. The van der Waals surface area contributed by atoms with Gasteiger partial charge in [-0.2, -0.15) is 5.10 Å². The van der Waals surface area contributed by atoms with Crippen LogP contribution in [0.25, 0.3) is 10.9 Å². The molecule has 0 amide bonds. The molecule has 3 heterocycles. The Labute approximate surface area is 148 Å². The quantitative estimate of drug-likeness (QED) is 0.786. The van der Waals surface area contributed by atoms with E-state index in [9.17, 15) is 5.11 Å². The number of rotatable bonds is 4. The number of nitrogens with zero attached hydrogens (tertiary/aromatic N) is 2. The molecule has 0 spiro atoms. The number of aliphatic hydroxyl groups is 1. The zero-order valence-corrected chi connectivity index (χ0v) is 14.6. The highest BCUT2D eigenvalue weighted by atomic mass is 35.5. The van der Waals surface area contributed by atoms with Crippen molar-refractivity contribution >= 4 is 41.4 Å². The van der Waals surface area contributed by atoms with E-state index >= 15 is 0 Å². The van der Waals surface area contributed by atoms with Crippen LogP contribution in [-0.2, 0) is 0 Å². The highest BCUT2D eigenvalue weighted by Gasteiger charge is 2.40. The highest BCUT2D eigenvalue weighted by Crippen LogP contribution is 2.36. The minimum atomic E-state index is 0. The zero-order chi connectivity index (χ0) is 14.2. The van der Waals surface area contributed by atoms with Crippen molar-refractivity contribution in [3.63, 3.8) is 0 Å². The normalized spacial score (nSPS) is 26.6. The summed E-state index contributed by atoms with van der Waals surface area (Å²) in [5, 5.41) is 21.1. The molecule has 2 saturated heterocycles. The van der Waals surface area contributed by atoms with Gasteiger partial charge in [0.15, 0.2) is 0 Å². The van der Waals surface area contributed by atoms with E-state index in [4.69, 9.17) is 0 Å². The Kier molecular flexibility index (Phi) is 6.14. The summed E-state index contributed by atoms with van der Waals surface area (Å²) in [6, 6.07) is 8.21. The van der Waals surface area contributed by atoms with Crippen LogP contribution in [0.1, 0.15) is 25.7 Å². The van der Waals surface area contributed by atoms with E-state index in [0.717, 1.165) is 17.4 Å². The first-order chi connectivity index (χ1) is 10.3. The summed E-state index contributed by atoms with van der Waals surface area (Å²) in [7, 11) is 0. The Hall–Kier alpha value is -1.01. The number of aromatic amines is 1. The van der Waals surface area contributed by atoms with Crippen LogP contribution in [0.2, 0.25) is 0 Å². The van der Waals surface area contributed by atoms with Gasteiger partial charge in [0, 0.05) is 35.7 Å². The Balaban J connectivity index is 0.000000960. The summed E-state index contributed by atoms with van der Waals surface area (Å²) < 4.78 is 0. The first-order valence-electron chi connectivity index (χ1n) is 7.90. The van der Waals surface area contributed by atoms with Crippen molar-refractivity contribution in [3.8, 4) is 0 Å². The summed E-state index contributed by atoms with van der Waals surface area (Å²) in [6.07, 6.45) is 6.79. The van der Waals surface area contributed by atoms with Gasteiger partial charge >= 0.3 is 0 Å². The van der Waals surface area contributed by atoms with Crippen LogP contribution in [0.5, 0.6) is 0 Å². The molecule has 2 unspecified atom stereocenters. The molecule has 1 aromatic carbocycles. The Morgan fingerprint density at radius 3 is 2.65 bits per heavy atom. The van der Waals surface area contributed by atoms with E-state index in [1.165, 1.54) is 31.4 Å². The maximum Gasteiger partial charge on any atom is 0.0651 e. The molecule has 2 fully saturated rings. The second-order valence-electron chi connectivity index (χ2n) is 6.33. The molecule has 4 rings (SSSR count). The van der Waals surface area contributed by atoms with Crippen molar-refractivity contribution in [3.05, 3.63) is 24.4 Å². The SMILES string of the molecule is Cl.Cl.OCCN1C2CCC1CC(Nc1ccc3[nH]ncc3c1)C2. The van der Waals surface area contributed by atoms with Gasteiger partial charge in [0.05, 0.1) is 18.3 Å². The second-order valence-corrected chi connectivity index (χ2v) is 6.33.